The third-order valence-electron chi connectivity index (χ3n) is 2.37. The lowest BCUT2D eigenvalue weighted by atomic mass is 10.1. The summed E-state index contributed by atoms with van der Waals surface area (Å²) in [6.45, 7) is 8.63. The van der Waals surface area contributed by atoms with Gasteiger partial charge in [0, 0.05) is 11.6 Å². The molecule has 0 radical (unpaired) electrons. The molecule has 2 heteroatoms. The minimum atomic E-state index is -0.146. The van der Waals surface area contributed by atoms with Crippen LogP contribution in [0, 0.1) is 5.82 Å². The van der Waals surface area contributed by atoms with Crippen LogP contribution in [0.15, 0.2) is 36.4 Å². The van der Waals surface area contributed by atoms with E-state index in [0.29, 0.717) is 0 Å². The smallest absolute Gasteiger partial charge is 0.127 e. The molecule has 15 heavy (non-hydrogen) atoms. The average molecular weight is 207 g/mol. The zero-order chi connectivity index (χ0) is 11.3. The summed E-state index contributed by atoms with van der Waals surface area (Å²) in [6, 6.07) is 6.92. The largest absolute Gasteiger partial charge is 0.310 e. The third kappa shape index (κ3) is 3.84. The topological polar surface area (TPSA) is 12.0 Å². The first-order valence-corrected chi connectivity index (χ1v) is 5.23. The fraction of sp³-hybridized carbons (Fsp3) is 0.385. The highest BCUT2D eigenvalue weighted by Crippen LogP contribution is 2.15. The van der Waals surface area contributed by atoms with Crippen molar-refractivity contribution in [2.24, 2.45) is 0 Å². The molecule has 1 atom stereocenters. The quantitative estimate of drug-likeness (QED) is 0.729. The molecule has 0 heterocycles. The van der Waals surface area contributed by atoms with Gasteiger partial charge in [-0.25, -0.2) is 4.39 Å². The molecule has 0 amide bonds. The summed E-state index contributed by atoms with van der Waals surface area (Å²) < 4.78 is 13.4. The van der Waals surface area contributed by atoms with Gasteiger partial charge in [-0.2, -0.15) is 0 Å². The summed E-state index contributed by atoms with van der Waals surface area (Å²) in [5, 5.41) is 3.27. The zero-order valence-corrected chi connectivity index (χ0v) is 9.39. The van der Waals surface area contributed by atoms with Crippen molar-refractivity contribution >= 4 is 0 Å². The van der Waals surface area contributed by atoms with Gasteiger partial charge in [-0.15, -0.1) is 6.58 Å². The van der Waals surface area contributed by atoms with Crippen LogP contribution in [-0.4, -0.2) is 6.54 Å². The lowest BCUT2D eigenvalue weighted by Crippen LogP contribution is -2.20. The molecule has 0 saturated heterocycles. The van der Waals surface area contributed by atoms with E-state index in [2.05, 4.69) is 11.9 Å². The highest BCUT2D eigenvalue weighted by molar-refractivity contribution is 5.20. The predicted molar refractivity (Wildman–Crippen MR) is 62.2 cm³/mol. The van der Waals surface area contributed by atoms with E-state index < -0.39 is 0 Å². The van der Waals surface area contributed by atoms with E-state index in [1.54, 1.807) is 6.07 Å². The predicted octanol–water partition coefficient (Wildman–Crippen LogP) is 3.44. The SMILES string of the molecule is C=C(C)CCNC(C)c1ccccc1F. The molecule has 0 spiro atoms. The molecule has 1 unspecified atom stereocenters. The van der Waals surface area contributed by atoms with Gasteiger partial charge >= 0.3 is 0 Å². The molecular weight excluding hydrogens is 189 g/mol. The van der Waals surface area contributed by atoms with Crippen molar-refractivity contribution in [3.63, 3.8) is 0 Å². The number of hydrogen-bond acceptors (Lipinski definition) is 1. The first-order chi connectivity index (χ1) is 7.11. The lowest BCUT2D eigenvalue weighted by molar-refractivity contribution is 0.530. The average Bonchev–Trinajstić information content (AvgIpc) is 2.17. The maximum absolute atomic E-state index is 13.4. The molecule has 0 fully saturated rings. The summed E-state index contributed by atoms with van der Waals surface area (Å²) in [7, 11) is 0. The first-order valence-electron chi connectivity index (χ1n) is 5.23. The van der Waals surface area contributed by atoms with Gasteiger partial charge in [-0.1, -0.05) is 23.8 Å². The fourth-order valence-electron chi connectivity index (χ4n) is 1.44. The van der Waals surface area contributed by atoms with E-state index in [-0.39, 0.29) is 11.9 Å². The standard InChI is InChI=1S/C13H18FN/c1-10(2)8-9-15-11(3)12-6-4-5-7-13(12)14/h4-7,11,15H,1,8-9H2,2-3H3. The highest BCUT2D eigenvalue weighted by atomic mass is 19.1. The molecule has 0 bridgehead atoms. The Kier molecular flexibility index (Phi) is 4.50. The van der Waals surface area contributed by atoms with E-state index in [1.807, 2.05) is 26.0 Å². The second-order valence-corrected chi connectivity index (χ2v) is 3.90. The monoisotopic (exact) mass is 207 g/mol. The summed E-state index contributed by atoms with van der Waals surface area (Å²) >= 11 is 0. The molecule has 0 aromatic heterocycles. The third-order valence-corrected chi connectivity index (χ3v) is 2.37. The summed E-state index contributed by atoms with van der Waals surface area (Å²) in [5.41, 5.74) is 1.86. The Hall–Kier alpha value is -1.15. The van der Waals surface area contributed by atoms with Crippen LogP contribution in [0.4, 0.5) is 4.39 Å². The van der Waals surface area contributed by atoms with Gasteiger partial charge in [0.2, 0.25) is 0 Å². The highest BCUT2D eigenvalue weighted by Gasteiger charge is 2.08. The second-order valence-electron chi connectivity index (χ2n) is 3.90. The number of halogens is 1. The van der Waals surface area contributed by atoms with Crippen molar-refractivity contribution in [2.75, 3.05) is 6.54 Å². The molecule has 82 valence electrons. The van der Waals surface area contributed by atoms with Gasteiger partial charge in [0.15, 0.2) is 0 Å². The summed E-state index contributed by atoms with van der Waals surface area (Å²) in [5.74, 6) is -0.146. The Balaban J connectivity index is 2.50. The van der Waals surface area contributed by atoms with E-state index in [1.165, 1.54) is 6.07 Å². The van der Waals surface area contributed by atoms with E-state index in [9.17, 15) is 4.39 Å². The van der Waals surface area contributed by atoms with Crippen molar-refractivity contribution in [3.8, 4) is 0 Å². The zero-order valence-electron chi connectivity index (χ0n) is 9.39. The Morgan fingerprint density at radius 2 is 2.13 bits per heavy atom. The van der Waals surface area contributed by atoms with Crippen LogP contribution in [-0.2, 0) is 0 Å². The van der Waals surface area contributed by atoms with Gasteiger partial charge in [-0.3, -0.25) is 0 Å². The van der Waals surface area contributed by atoms with Crippen molar-refractivity contribution in [3.05, 3.63) is 47.8 Å². The maximum Gasteiger partial charge on any atom is 0.127 e. The Morgan fingerprint density at radius 1 is 1.47 bits per heavy atom. The molecule has 1 aromatic rings. The van der Waals surface area contributed by atoms with Crippen molar-refractivity contribution < 1.29 is 4.39 Å². The molecule has 0 aliphatic heterocycles. The maximum atomic E-state index is 13.4. The van der Waals surface area contributed by atoms with Crippen LogP contribution in [0.25, 0.3) is 0 Å². The molecule has 1 aromatic carbocycles. The van der Waals surface area contributed by atoms with Crippen LogP contribution in [0.5, 0.6) is 0 Å². The van der Waals surface area contributed by atoms with Crippen molar-refractivity contribution in [2.45, 2.75) is 26.3 Å². The molecule has 1 nitrogen and oxygen atoms in total. The molecule has 0 aliphatic rings. The van der Waals surface area contributed by atoms with E-state index in [0.717, 1.165) is 24.1 Å². The molecule has 1 rings (SSSR count). The Bertz CT molecular complexity index is 333. The van der Waals surface area contributed by atoms with Crippen LogP contribution in [0.3, 0.4) is 0 Å². The number of benzene rings is 1. The van der Waals surface area contributed by atoms with E-state index in [4.69, 9.17) is 0 Å². The first kappa shape index (κ1) is 11.9. The lowest BCUT2D eigenvalue weighted by Gasteiger charge is -2.14. The van der Waals surface area contributed by atoms with Gasteiger partial charge in [-0.05, 0) is 32.9 Å². The van der Waals surface area contributed by atoms with Crippen molar-refractivity contribution in [1.82, 2.24) is 5.32 Å². The number of rotatable bonds is 5. The summed E-state index contributed by atoms with van der Waals surface area (Å²) in [6.07, 6.45) is 0.929. The van der Waals surface area contributed by atoms with Gasteiger partial charge in [0.05, 0.1) is 0 Å². The minimum Gasteiger partial charge on any atom is -0.310 e. The second kappa shape index (κ2) is 5.66. The van der Waals surface area contributed by atoms with Crippen LogP contribution in [0.2, 0.25) is 0 Å². The summed E-state index contributed by atoms with van der Waals surface area (Å²) in [4.78, 5) is 0. The molecular formula is C13H18FN. The molecule has 0 saturated carbocycles. The molecule has 1 N–H and O–H groups in total. The number of nitrogens with one attached hydrogen (secondary N) is 1. The van der Waals surface area contributed by atoms with Crippen LogP contribution in [0.1, 0.15) is 31.9 Å². The van der Waals surface area contributed by atoms with Gasteiger partial charge in [0.25, 0.3) is 0 Å². The van der Waals surface area contributed by atoms with E-state index >= 15 is 0 Å². The minimum absolute atomic E-state index is 0.0468. The van der Waals surface area contributed by atoms with Crippen LogP contribution >= 0.6 is 0 Å². The van der Waals surface area contributed by atoms with Crippen LogP contribution < -0.4 is 5.32 Å². The van der Waals surface area contributed by atoms with Gasteiger partial charge in [0.1, 0.15) is 5.82 Å². The van der Waals surface area contributed by atoms with Gasteiger partial charge < -0.3 is 5.32 Å². The number of hydrogen-bond donors (Lipinski definition) is 1. The Labute approximate surface area is 91.0 Å². The molecule has 0 aliphatic carbocycles. The fourth-order valence-corrected chi connectivity index (χ4v) is 1.44. The van der Waals surface area contributed by atoms with Crippen molar-refractivity contribution in [1.29, 1.82) is 0 Å². The Morgan fingerprint density at radius 3 is 2.73 bits per heavy atom. The normalized spacial score (nSPS) is 12.5.